The zero-order chi connectivity index (χ0) is 20.7. The highest BCUT2D eigenvalue weighted by Gasteiger charge is 2.41. The van der Waals surface area contributed by atoms with Gasteiger partial charge in [-0.15, -0.1) is 0 Å². The average molecular weight is 400 g/mol. The molecule has 2 aliphatic rings. The summed E-state index contributed by atoms with van der Waals surface area (Å²) in [6.07, 6.45) is 0.500. The number of para-hydroxylation sites is 1. The molecular formula is C25H24N2O3. The highest BCUT2D eigenvalue weighted by molar-refractivity contribution is 6.02. The van der Waals surface area contributed by atoms with Gasteiger partial charge in [0.2, 0.25) is 6.23 Å². The Kier molecular flexibility index (Phi) is 4.58. The van der Waals surface area contributed by atoms with Gasteiger partial charge in [0.05, 0.1) is 26.0 Å². The molecule has 5 nitrogen and oxygen atoms in total. The van der Waals surface area contributed by atoms with E-state index >= 15 is 0 Å². The summed E-state index contributed by atoms with van der Waals surface area (Å²) in [5.41, 5.74) is 5.61. The Hall–Kier alpha value is -3.47. The van der Waals surface area contributed by atoms with Crippen LogP contribution in [-0.2, 0) is 0 Å². The van der Waals surface area contributed by atoms with E-state index in [0.717, 1.165) is 29.0 Å². The molecule has 0 amide bonds. The van der Waals surface area contributed by atoms with E-state index in [1.54, 1.807) is 14.2 Å². The molecule has 0 aliphatic carbocycles. The Morgan fingerprint density at radius 2 is 1.70 bits per heavy atom. The number of methoxy groups -OCH3 is 2. The third kappa shape index (κ3) is 3.07. The van der Waals surface area contributed by atoms with E-state index in [0.29, 0.717) is 11.5 Å². The second kappa shape index (κ2) is 7.41. The summed E-state index contributed by atoms with van der Waals surface area (Å²) < 4.78 is 17.3. The van der Waals surface area contributed by atoms with Gasteiger partial charge in [-0.2, -0.15) is 5.10 Å². The Balaban J connectivity index is 1.58. The second-order valence-electron chi connectivity index (χ2n) is 7.64. The van der Waals surface area contributed by atoms with Gasteiger partial charge in [0, 0.05) is 17.5 Å². The third-order valence-corrected chi connectivity index (χ3v) is 5.78. The van der Waals surface area contributed by atoms with Gasteiger partial charge in [-0.05, 0) is 36.8 Å². The molecule has 3 aromatic carbocycles. The van der Waals surface area contributed by atoms with Crippen LogP contribution >= 0.6 is 0 Å². The van der Waals surface area contributed by atoms with Crippen molar-refractivity contribution < 1.29 is 14.2 Å². The molecule has 0 fully saturated rings. The molecule has 2 heterocycles. The standard InChI is InChI=1S/C25H24N2O3/c1-16-8-10-17(11-9-16)20-15-21-19-6-4-5-7-22(19)30-25(27(21)26-20)18-12-13-23(28-2)24(14-18)29-3/h4-14,21,25H,15H2,1-3H3/t21-,25-/m1/s1. The summed E-state index contributed by atoms with van der Waals surface area (Å²) in [5.74, 6) is 2.27. The molecule has 2 atom stereocenters. The first-order chi connectivity index (χ1) is 14.7. The monoisotopic (exact) mass is 400 g/mol. The fraction of sp³-hybridized carbons (Fsp3) is 0.240. The molecule has 3 aromatic rings. The molecule has 0 bridgehead atoms. The summed E-state index contributed by atoms with van der Waals surface area (Å²) in [6, 6.07) is 22.8. The lowest BCUT2D eigenvalue weighted by Crippen LogP contribution is -2.33. The maximum absolute atomic E-state index is 6.43. The largest absolute Gasteiger partial charge is 0.493 e. The predicted octanol–water partition coefficient (Wildman–Crippen LogP) is 5.25. The highest BCUT2D eigenvalue weighted by atomic mass is 16.5. The van der Waals surface area contributed by atoms with Crippen LogP contribution in [0.1, 0.15) is 40.9 Å². The number of ether oxygens (including phenoxy) is 3. The van der Waals surface area contributed by atoms with Crippen LogP contribution in [0.15, 0.2) is 71.8 Å². The molecule has 0 spiro atoms. The lowest BCUT2D eigenvalue weighted by Gasteiger charge is -2.38. The molecule has 0 radical (unpaired) electrons. The highest BCUT2D eigenvalue weighted by Crippen LogP contribution is 2.48. The summed E-state index contributed by atoms with van der Waals surface area (Å²) in [5, 5.41) is 7.10. The maximum Gasteiger partial charge on any atom is 0.214 e. The molecule has 30 heavy (non-hydrogen) atoms. The quantitative estimate of drug-likeness (QED) is 0.600. The number of benzene rings is 3. The van der Waals surface area contributed by atoms with E-state index in [1.807, 2.05) is 30.3 Å². The molecule has 2 aliphatic heterocycles. The SMILES string of the molecule is COc1ccc([C@H]2Oc3ccccc3[C@H]3CC(c4ccc(C)cc4)=NN32)cc1OC. The van der Waals surface area contributed by atoms with Crippen molar-refractivity contribution in [3.8, 4) is 17.2 Å². The van der Waals surface area contributed by atoms with E-state index in [1.165, 1.54) is 11.1 Å². The molecule has 0 unspecified atom stereocenters. The van der Waals surface area contributed by atoms with Crippen LogP contribution in [0.4, 0.5) is 0 Å². The first kappa shape index (κ1) is 18.6. The van der Waals surface area contributed by atoms with Crippen molar-refractivity contribution in [2.75, 3.05) is 14.2 Å². The van der Waals surface area contributed by atoms with Gasteiger partial charge in [-0.25, -0.2) is 5.01 Å². The van der Waals surface area contributed by atoms with Gasteiger partial charge in [0.15, 0.2) is 11.5 Å². The lowest BCUT2D eigenvalue weighted by molar-refractivity contribution is -0.0191. The molecule has 152 valence electrons. The molecule has 5 rings (SSSR count). The van der Waals surface area contributed by atoms with Gasteiger partial charge >= 0.3 is 0 Å². The van der Waals surface area contributed by atoms with E-state index in [9.17, 15) is 0 Å². The molecule has 0 aromatic heterocycles. The van der Waals surface area contributed by atoms with Crippen LogP contribution in [0.5, 0.6) is 17.2 Å². The van der Waals surface area contributed by atoms with Crippen molar-refractivity contribution >= 4 is 5.71 Å². The van der Waals surface area contributed by atoms with Crippen molar-refractivity contribution in [3.05, 3.63) is 89.0 Å². The fourth-order valence-electron chi connectivity index (χ4n) is 4.18. The van der Waals surface area contributed by atoms with Crippen molar-refractivity contribution in [1.82, 2.24) is 5.01 Å². The number of hydrazone groups is 1. The van der Waals surface area contributed by atoms with Crippen molar-refractivity contribution in [2.45, 2.75) is 25.6 Å². The number of fused-ring (bicyclic) bond motifs is 3. The summed E-state index contributed by atoms with van der Waals surface area (Å²) in [4.78, 5) is 0. The lowest BCUT2D eigenvalue weighted by atomic mass is 9.95. The van der Waals surface area contributed by atoms with Crippen molar-refractivity contribution in [1.29, 1.82) is 0 Å². The van der Waals surface area contributed by atoms with Crippen molar-refractivity contribution in [3.63, 3.8) is 0 Å². The Morgan fingerprint density at radius 3 is 2.47 bits per heavy atom. The van der Waals surface area contributed by atoms with Crippen LogP contribution in [0.2, 0.25) is 0 Å². The Bertz CT molecular complexity index is 1110. The van der Waals surface area contributed by atoms with Gasteiger partial charge in [0.25, 0.3) is 0 Å². The molecule has 0 N–H and O–H groups in total. The first-order valence-corrected chi connectivity index (χ1v) is 10.1. The minimum absolute atomic E-state index is 0.129. The average Bonchev–Trinajstić information content (AvgIpc) is 3.24. The maximum atomic E-state index is 6.43. The first-order valence-electron chi connectivity index (χ1n) is 10.1. The minimum atomic E-state index is -0.340. The molecular weight excluding hydrogens is 376 g/mol. The smallest absolute Gasteiger partial charge is 0.214 e. The fourth-order valence-corrected chi connectivity index (χ4v) is 4.18. The van der Waals surface area contributed by atoms with E-state index in [-0.39, 0.29) is 12.3 Å². The second-order valence-corrected chi connectivity index (χ2v) is 7.64. The van der Waals surface area contributed by atoms with Gasteiger partial charge < -0.3 is 14.2 Å². The normalized spacial score (nSPS) is 19.4. The zero-order valence-electron chi connectivity index (χ0n) is 17.3. The molecule has 5 heteroatoms. The van der Waals surface area contributed by atoms with Crippen LogP contribution in [-0.4, -0.2) is 24.9 Å². The zero-order valence-corrected chi connectivity index (χ0v) is 17.3. The number of nitrogens with zero attached hydrogens (tertiary/aromatic N) is 2. The topological polar surface area (TPSA) is 43.3 Å². The van der Waals surface area contributed by atoms with Crippen LogP contribution in [0.25, 0.3) is 0 Å². The van der Waals surface area contributed by atoms with Crippen molar-refractivity contribution in [2.24, 2.45) is 5.10 Å². The molecule has 0 saturated carbocycles. The van der Waals surface area contributed by atoms with Crippen LogP contribution in [0, 0.1) is 6.92 Å². The Morgan fingerprint density at radius 1 is 0.933 bits per heavy atom. The predicted molar refractivity (Wildman–Crippen MR) is 116 cm³/mol. The van der Waals surface area contributed by atoms with Gasteiger partial charge in [-0.1, -0.05) is 48.0 Å². The molecule has 0 saturated heterocycles. The number of aryl methyl sites for hydroxylation is 1. The van der Waals surface area contributed by atoms with Gasteiger partial charge in [-0.3, -0.25) is 0 Å². The van der Waals surface area contributed by atoms with E-state index < -0.39 is 0 Å². The van der Waals surface area contributed by atoms with E-state index in [4.69, 9.17) is 19.3 Å². The minimum Gasteiger partial charge on any atom is -0.493 e. The summed E-state index contributed by atoms with van der Waals surface area (Å²) in [7, 11) is 3.28. The number of hydrogen-bond acceptors (Lipinski definition) is 5. The third-order valence-electron chi connectivity index (χ3n) is 5.78. The number of hydrogen-bond donors (Lipinski definition) is 0. The van der Waals surface area contributed by atoms with Gasteiger partial charge in [0.1, 0.15) is 5.75 Å². The van der Waals surface area contributed by atoms with Crippen LogP contribution < -0.4 is 14.2 Å². The Labute approximate surface area is 176 Å². The summed E-state index contributed by atoms with van der Waals surface area (Å²) in [6.45, 7) is 2.10. The van der Waals surface area contributed by atoms with E-state index in [2.05, 4.69) is 48.3 Å². The summed E-state index contributed by atoms with van der Waals surface area (Å²) >= 11 is 0. The van der Waals surface area contributed by atoms with Crippen LogP contribution in [0.3, 0.4) is 0 Å². The number of rotatable bonds is 4.